The van der Waals surface area contributed by atoms with Crippen molar-refractivity contribution in [2.45, 2.75) is 39.9 Å². The van der Waals surface area contributed by atoms with Crippen molar-refractivity contribution in [3.05, 3.63) is 46.8 Å². The van der Waals surface area contributed by atoms with Gasteiger partial charge in [0.15, 0.2) is 5.69 Å². The molecule has 0 spiro atoms. The molecule has 1 aromatic heterocycles. The minimum atomic E-state index is -0.325. The highest BCUT2D eigenvalue weighted by atomic mass is 16.5. The molecule has 25 heavy (non-hydrogen) atoms. The molecule has 0 saturated heterocycles. The first-order valence-electron chi connectivity index (χ1n) is 8.77. The Bertz CT molecular complexity index is 754. The van der Waals surface area contributed by atoms with Gasteiger partial charge in [0.1, 0.15) is 5.75 Å². The van der Waals surface area contributed by atoms with E-state index < -0.39 is 0 Å². The van der Waals surface area contributed by atoms with Crippen LogP contribution in [0, 0.1) is 0 Å². The number of ether oxygens (including phenoxy) is 2. The van der Waals surface area contributed by atoms with Crippen LogP contribution in [-0.2, 0) is 30.8 Å². The van der Waals surface area contributed by atoms with E-state index in [9.17, 15) is 4.79 Å². The molecule has 0 fully saturated rings. The quantitative estimate of drug-likeness (QED) is 0.755. The molecule has 134 valence electrons. The second-order valence-corrected chi connectivity index (χ2v) is 6.12. The third kappa shape index (κ3) is 3.69. The lowest BCUT2D eigenvalue weighted by Gasteiger charge is -2.27. The highest BCUT2D eigenvalue weighted by Crippen LogP contribution is 2.25. The largest absolute Gasteiger partial charge is 0.497 e. The Morgan fingerprint density at radius 3 is 2.88 bits per heavy atom. The number of rotatable bonds is 6. The van der Waals surface area contributed by atoms with Crippen LogP contribution in [0.1, 0.15) is 41.2 Å². The highest BCUT2D eigenvalue weighted by molar-refractivity contribution is 5.89. The lowest BCUT2D eigenvalue weighted by Crippen LogP contribution is -2.31. The average molecular weight is 343 g/mol. The second kappa shape index (κ2) is 7.70. The number of carbonyl (C=O) groups excluding carboxylic acids is 1. The first-order chi connectivity index (χ1) is 12.2. The Labute approximate surface area is 148 Å². The predicted octanol–water partition coefficient (Wildman–Crippen LogP) is 2.65. The summed E-state index contributed by atoms with van der Waals surface area (Å²) in [5.74, 6) is 0.537. The maximum atomic E-state index is 12.3. The maximum Gasteiger partial charge on any atom is 0.359 e. The van der Waals surface area contributed by atoms with Crippen molar-refractivity contribution in [2.75, 3.05) is 20.3 Å². The van der Waals surface area contributed by atoms with Crippen molar-refractivity contribution in [3.63, 3.8) is 0 Å². The summed E-state index contributed by atoms with van der Waals surface area (Å²) < 4.78 is 12.4. The molecule has 6 nitrogen and oxygen atoms in total. The Hall–Kier alpha value is -2.34. The van der Waals surface area contributed by atoms with Crippen LogP contribution >= 0.6 is 0 Å². The Kier molecular flexibility index (Phi) is 5.38. The van der Waals surface area contributed by atoms with E-state index in [1.807, 2.05) is 30.7 Å². The molecule has 0 N–H and O–H groups in total. The Morgan fingerprint density at radius 2 is 2.16 bits per heavy atom. The molecular formula is C19H25N3O3. The van der Waals surface area contributed by atoms with E-state index in [0.717, 1.165) is 43.1 Å². The molecule has 1 aliphatic rings. The summed E-state index contributed by atoms with van der Waals surface area (Å²) in [6.45, 7) is 7.45. The number of aryl methyl sites for hydroxylation is 1. The van der Waals surface area contributed by atoms with Gasteiger partial charge in [0.25, 0.3) is 0 Å². The molecular weight excluding hydrogens is 318 g/mol. The summed E-state index contributed by atoms with van der Waals surface area (Å²) in [6.07, 6.45) is 0.888. The fraction of sp³-hybridized carbons (Fsp3) is 0.474. The molecule has 2 heterocycles. The van der Waals surface area contributed by atoms with Gasteiger partial charge >= 0.3 is 5.97 Å². The van der Waals surface area contributed by atoms with Gasteiger partial charge in [-0.05, 0) is 31.5 Å². The fourth-order valence-electron chi connectivity index (χ4n) is 3.34. The van der Waals surface area contributed by atoms with Gasteiger partial charge in [-0.25, -0.2) is 4.79 Å². The van der Waals surface area contributed by atoms with Crippen LogP contribution < -0.4 is 4.74 Å². The van der Waals surface area contributed by atoms with Crippen molar-refractivity contribution < 1.29 is 14.3 Å². The number of aromatic nitrogens is 2. The van der Waals surface area contributed by atoms with E-state index in [-0.39, 0.29) is 5.97 Å². The minimum Gasteiger partial charge on any atom is -0.497 e. The minimum absolute atomic E-state index is 0.325. The van der Waals surface area contributed by atoms with Gasteiger partial charge in [0, 0.05) is 43.9 Å². The third-order valence-corrected chi connectivity index (χ3v) is 4.52. The van der Waals surface area contributed by atoms with E-state index in [2.05, 4.69) is 22.1 Å². The van der Waals surface area contributed by atoms with Crippen LogP contribution in [0.3, 0.4) is 0 Å². The summed E-state index contributed by atoms with van der Waals surface area (Å²) in [5, 5.41) is 4.49. The third-order valence-electron chi connectivity index (χ3n) is 4.52. The van der Waals surface area contributed by atoms with Crippen LogP contribution in [0.4, 0.5) is 0 Å². The molecule has 0 radical (unpaired) electrons. The van der Waals surface area contributed by atoms with Crippen molar-refractivity contribution in [3.8, 4) is 5.75 Å². The van der Waals surface area contributed by atoms with Crippen LogP contribution in [-0.4, -0.2) is 40.9 Å². The number of benzene rings is 1. The van der Waals surface area contributed by atoms with Gasteiger partial charge in [-0.2, -0.15) is 5.10 Å². The standard InChI is InChI=1S/C19H25N3O3/c1-4-22-17-9-10-21(12-14-7-6-8-15(11-14)24-3)13-16(17)18(20-22)19(23)25-5-2/h6-8,11H,4-5,9-10,12-13H2,1-3H3. The van der Waals surface area contributed by atoms with Crippen molar-refractivity contribution >= 4 is 5.97 Å². The molecule has 0 unspecified atom stereocenters. The summed E-state index contributed by atoms with van der Waals surface area (Å²) >= 11 is 0. The molecule has 0 atom stereocenters. The summed E-state index contributed by atoms with van der Waals surface area (Å²) in [5.41, 5.74) is 3.83. The van der Waals surface area contributed by atoms with Gasteiger partial charge in [0.2, 0.25) is 0 Å². The molecule has 1 aliphatic heterocycles. The zero-order valence-electron chi connectivity index (χ0n) is 15.1. The van der Waals surface area contributed by atoms with Gasteiger partial charge in [-0.15, -0.1) is 0 Å². The lowest BCUT2D eigenvalue weighted by molar-refractivity contribution is 0.0515. The fourth-order valence-corrected chi connectivity index (χ4v) is 3.34. The van der Waals surface area contributed by atoms with Crippen molar-refractivity contribution in [1.29, 1.82) is 0 Å². The number of hydrogen-bond donors (Lipinski definition) is 0. The van der Waals surface area contributed by atoms with Gasteiger partial charge in [-0.3, -0.25) is 9.58 Å². The number of esters is 1. The SMILES string of the molecule is CCOC(=O)c1nn(CC)c2c1CN(Cc1cccc(OC)c1)CC2. The summed E-state index contributed by atoms with van der Waals surface area (Å²) in [4.78, 5) is 14.6. The first-order valence-corrected chi connectivity index (χ1v) is 8.77. The van der Waals surface area contributed by atoms with Crippen molar-refractivity contribution in [1.82, 2.24) is 14.7 Å². The topological polar surface area (TPSA) is 56.6 Å². The number of hydrogen-bond acceptors (Lipinski definition) is 5. The van der Waals surface area contributed by atoms with Crippen LogP contribution in [0.15, 0.2) is 24.3 Å². The summed E-state index contributed by atoms with van der Waals surface area (Å²) in [7, 11) is 1.68. The molecule has 0 aliphatic carbocycles. The van der Waals surface area contributed by atoms with Crippen LogP contribution in [0.5, 0.6) is 5.75 Å². The molecule has 2 aromatic rings. The molecule has 0 bridgehead atoms. The van der Waals surface area contributed by atoms with E-state index >= 15 is 0 Å². The first kappa shape index (κ1) is 17.5. The Morgan fingerprint density at radius 1 is 1.32 bits per heavy atom. The second-order valence-electron chi connectivity index (χ2n) is 6.12. The average Bonchev–Trinajstić information content (AvgIpc) is 3.00. The summed E-state index contributed by atoms with van der Waals surface area (Å²) in [6, 6.07) is 8.10. The zero-order chi connectivity index (χ0) is 17.8. The number of fused-ring (bicyclic) bond motifs is 1. The van der Waals surface area contributed by atoms with E-state index in [4.69, 9.17) is 9.47 Å². The zero-order valence-corrected chi connectivity index (χ0v) is 15.1. The molecule has 0 saturated carbocycles. The van der Waals surface area contributed by atoms with Gasteiger partial charge in [-0.1, -0.05) is 12.1 Å². The smallest absolute Gasteiger partial charge is 0.359 e. The number of methoxy groups -OCH3 is 1. The van der Waals surface area contributed by atoms with Crippen LogP contribution in [0.25, 0.3) is 0 Å². The molecule has 6 heteroatoms. The monoisotopic (exact) mass is 343 g/mol. The molecule has 0 amide bonds. The Balaban J connectivity index is 1.81. The van der Waals surface area contributed by atoms with Gasteiger partial charge < -0.3 is 9.47 Å². The predicted molar refractivity (Wildman–Crippen MR) is 94.7 cm³/mol. The van der Waals surface area contributed by atoms with Crippen molar-refractivity contribution in [2.24, 2.45) is 0 Å². The normalized spacial score (nSPS) is 14.2. The number of carbonyl (C=O) groups is 1. The molecule has 3 rings (SSSR count). The van der Waals surface area contributed by atoms with Crippen LogP contribution in [0.2, 0.25) is 0 Å². The molecule has 1 aromatic carbocycles. The van der Waals surface area contributed by atoms with E-state index in [1.165, 1.54) is 5.56 Å². The highest BCUT2D eigenvalue weighted by Gasteiger charge is 2.28. The number of nitrogens with zero attached hydrogens (tertiary/aromatic N) is 3. The lowest BCUT2D eigenvalue weighted by atomic mass is 10.0. The van der Waals surface area contributed by atoms with E-state index in [0.29, 0.717) is 18.8 Å². The van der Waals surface area contributed by atoms with E-state index in [1.54, 1.807) is 7.11 Å². The van der Waals surface area contributed by atoms with Gasteiger partial charge in [0.05, 0.1) is 13.7 Å². The maximum absolute atomic E-state index is 12.3.